The molecule has 1 saturated heterocycles. The molecule has 1 aromatic heterocycles. The first-order valence-electron chi connectivity index (χ1n) is 10.8. The highest BCUT2D eigenvalue weighted by atomic mass is 16.5. The lowest BCUT2D eigenvalue weighted by molar-refractivity contribution is -0.134. The number of methoxy groups -OCH3 is 1. The number of benzene rings is 2. The molecule has 1 aliphatic heterocycles. The van der Waals surface area contributed by atoms with Gasteiger partial charge in [-0.25, -0.2) is 0 Å². The number of rotatable bonds is 7. The second-order valence-corrected chi connectivity index (χ2v) is 7.86. The fourth-order valence-corrected chi connectivity index (χ4v) is 3.74. The van der Waals surface area contributed by atoms with Gasteiger partial charge in [0.15, 0.2) is 6.61 Å². The number of likely N-dealkylation sites (tertiary alicyclic amines) is 1. The van der Waals surface area contributed by atoms with E-state index in [4.69, 9.17) is 14.0 Å². The van der Waals surface area contributed by atoms with Crippen LogP contribution in [0.3, 0.4) is 0 Å². The highest BCUT2D eigenvalue weighted by Crippen LogP contribution is 2.28. The smallest absolute Gasteiger partial charge is 0.260 e. The summed E-state index contributed by atoms with van der Waals surface area (Å²) in [6, 6.07) is 14.4. The molecule has 4 rings (SSSR count). The summed E-state index contributed by atoms with van der Waals surface area (Å²) in [7, 11) is 1.60. The van der Waals surface area contributed by atoms with Gasteiger partial charge in [0.25, 0.3) is 5.91 Å². The zero-order chi connectivity index (χ0) is 23.2. The van der Waals surface area contributed by atoms with Crippen molar-refractivity contribution in [2.24, 2.45) is 0 Å². The van der Waals surface area contributed by atoms with E-state index >= 15 is 0 Å². The number of hydrogen-bond acceptors (Lipinski definition) is 7. The molecule has 1 unspecified atom stereocenters. The molecular formula is C24H26N4O5. The van der Waals surface area contributed by atoms with Crippen molar-refractivity contribution >= 4 is 17.5 Å². The molecule has 2 aromatic carbocycles. The molecule has 3 aromatic rings. The van der Waals surface area contributed by atoms with E-state index < -0.39 is 0 Å². The predicted molar refractivity (Wildman–Crippen MR) is 121 cm³/mol. The first-order valence-corrected chi connectivity index (χ1v) is 10.8. The van der Waals surface area contributed by atoms with Crippen LogP contribution in [0.2, 0.25) is 0 Å². The van der Waals surface area contributed by atoms with Crippen LogP contribution in [-0.4, -0.2) is 53.7 Å². The number of amides is 2. The van der Waals surface area contributed by atoms with Crippen LogP contribution in [0.4, 0.5) is 5.69 Å². The molecule has 1 N–H and O–H groups in total. The van der Waals surface area contributed by atoms with Gasteiger partial charge in [0.05, 0.1) is 13.0 Å². The monoisotopic (exact) mass is 450 g/mol. The number of carbonyl (C=O) groups excluding carboxylic acids is 2. The molecule has 0 spiro atoms. The molecule has 1 fully saturated rings. The Balaban J connectivity index is 1.34. The average molecular weight is 450 g/mol. The third-order valence-electron chi connectivity index (χ3n) is 5.45. The molecule has 9 heteroatoms. The predicted octanol–water partition coefficient (Wildman–Crippen LogP) is 3.49. The zero-order valence-electron chi connectivity index (χ0n) is 18.6. The van der Waals surface area contributed by atoms with Gasteiger partial charge in [0.1, 0.15) is 11.5 Å². The lowest BCUT2D eigenvalue weighted by Gasteiger charge is -2.30. The molecular weight excluding hydrogens is 424 g/mol. The minimum Gasteiger partial charge on any atom is -0.497 e. The van der Waals surface area contributed by atoms with E-state index in [1.165, 1.54) is 6.92 Å². The summed E-state index contributed by atoms with van der Waals surface area (Å²) in [4.78, 5) is 30.2. The van der Waals surface area contributed by atoms with E-state index in [1.807, 2.05) is 12.1 Å². The number of nitrogens with one attached hydrogen (secondary N) is 1. The molecule has 9 nitrogen and oxygen atoms in total. The molecule has 0 saturated carbocycles. The number of ether oxygens (including phenoxy) is 2. The number of piperidine rings is 1. The number of nitrogens with zero attached hydrogens (tertiary/aromatic N) is 3. The second kappa shape index (κ2) is 10.2. The quantitative estimate of drug-likeness (QED) is 0.587. The molecule has 172 valence electrons. The lowest BCUT2D eigenvalue weighted by Crippen LogP contribution is -2.41. The minimum absolute atomic E-state index is 0.0245. The molecule has 0 aliphatic carbocycles. The Morgan fingerprint density at radius 2 is 1.85 bits per heavy atom. The molecule has 1 aliphatic rings. The maximum absolute atomic E-state index is 12.7. The lowest BCUT2D eigenvalue weighted by atomic mass is 9.98. The van der Waals surface area contributed by atoms with Crippen molar-refractivity contribution in [1.82, 2.24) is 15.0 Å². The summed E-state index contributed by atoms with van der Waals surface area (Å²) in [6.45, 7) is 2.61. The van der Waals surface area contributed by atoms with Crippen LogP contribution in [-0.2, 0) is 9.59 Å². The molecule has 2 heterocycles. The summed E-state index contributed by atoms with van der Waals surface area (Å²) >= 11 is 0. The van der Waals surface area contributed by atoms with Crippen LogP contribution in [0.15, 0.2) is 53.1 Å². The van der Waals surface area contributed by atoms with Crippen LogP contribution in [0.5, 0.6) is 11.5 Å². The Morgan fingerprint density at radius 1 is 1.12 bits per heavy atom. The van der Waals surface area contributed by atoms with Gasteiger partial charge in [-0.2, -0.15) is 4.98 Å². The normalized spacial score (nSPS) is 15.7. The summed E-state index contributed by atoms with van der Waals surface area (Å²) in [5.74, 6) is 2.11. The van der Waals surface area contributed by atoms with Crippen molar-refractivity contribution < 1.29 is 23.6 Å². The average Bonchev–Trinajstić information content (AvgIpc) is 3.33. The van der Waals surface area contributed by atoms with Crippen LogP contribution < -0.4 is 14.8 Å². The van der Waals surface area contributed by atoms with Crippen molar-refractivity contribution in [2.75, 3.05) is 32.1 Å². The summed E-state index contributed by atoms with van der Waals surface area (Å²) in [5, 5.41) is 6.83. The van der Waals surface area contributed by atoms with Crippen molar-refractivity contribution in [3.8, 4) is 22.9 Å². The van der Waals surface area contributed by atoms with Gasteiger partial charge >= 0.3 is 0 Å². The Morgan fingerprint density at radius 3 is 2.55 bits per heavy atom. The van der Waals surface area contributed by atoms with Crippen LogP contribution in [0.25, 0.3) is 11.4 Å². The van der Waals surface area contributed by atoms with Crippen molar-refractivity contribution in [2.45, 2.75) is 25.7 Å². The topological polar surface area (TPSA) is 107 Å². The maximum atomic E-state index is 12.7. The van der Waals surface area contributed by atoms with Crippen LogP contribution in [0, 0.1) is 0 Å². The third-order valence-corrected chi connectivity index (χ3v) is 5.45. The van der Waals surface area contributed by atoms with E-state index in [1.54, 1.807) is 48.4 Å². The fraction of sp³-hybridized carbons (Fsp3) is 0.333. The van der Waals surface area contributed by atoms with Gasteiger partial charge in [-0.1, -0.05) is 5.16 Å². The number of hydrogen-bond donors (Lipinski definition) is 1. The van der Waals surface area contributed by atoms with Gasteiger partial charge in [-0.15, -0.1) is 0 Å². The highest BCUT2D eigenvalue weighted by molar-refractivity contribution is 5.88. The Kier molecular flexibility index (Phi) is 6.87. The Bertz CT molecular complexity index is 1090. The van der Waals surface area contributed by atoms with E-state index in [0.29, 0.717) is 36.2 Å². The largest absolute Gasteiger partial charge is 0.497 e. The molecule has 2 amide bonds. The molecule has 1 atom stereocenters. The summed E-state index contributed by atoms with van der Waals surface area (Å²) in [6.07, 6.45) is 1.72. The zero-order valence-corrected chi connectivity index (χ0v) is 18.6. The van der Waals surface area contributed by atoms with Crippen molar-refractivity contribution in [3.05, 3.63) is 54.4 Å². The maximum Gasteiger partial charge on any atom is 0.260 e. The van der Waals surface area contributed by atoms with Crippen LogP contribution >= 0.6 is 0 Å². The number of carbonyl (C=O) groups is 2. The Labute approximate surface area is 191 Å². The number of anilines is 1. The van der Waals surface area contributed by atoms with Gasteiger partial charge in [0, 0.05) is 31.3 Å². The number of aromatic nitrogens is 2. The first-order chi connectivity index (χ1) is 16.0. The van der Waals surface area contributed by atoms with E-state index in [9.17, 15) is 9.59 Å². The molecule has 0 radical (unpaired) electrons. The van der Waals surface area contributed by atoms with E-state index in [-0.39, 0.29) is 24.3 Å². The fourth-order valence-electron chi connectivity index (χ4n) is 3.74. The van der Waals surface area contributed by atoms with Gasteiger partial charge < -0.3 is 24.2 Å². The van der Waals surface area contributed by atoms with Crippen LogP contribution in [0.1, 0.15) is 31.6 Å². The molecule has 0 bridgehead atoms. The highest BCUT2D eigenvalue weighted by Gasteiger charge is 2.29. The minimum atomic E-state index is -0.129. The second-order valence-electron chi connectivity index (χ2n) is 7.86. The van der Waals surface area contributed by atoms with Crippen molar-refractivity contribution in [3.63, 3.8) is 0 Å². The Hall–Kier alpha value is -3.88. The van der Waals surface area contributed by atoms with Gasteiger partial charge in [0.2, 0.25) is 17.6 Å². The van der Waals surface area contributed by atoms with Crippen molar-refractivity contribution in [1.29, 1.82) is 0 Å². The van der Waals surface area contributed by atoms with Gasteiger partial charge in [-0.05, 0) is 61.4 Å². The standard InChI is InChI=1S/C24H26N4O5/c1-16(29)25-19-7-5-17(6-8-19)23-26-24(33-27-23)18-4-3-13-28(14-18)22(30)15-32-21-11-9-20(31-2)10-12-21/h5-12,18H,3-4,13-15H2,1-2H3,(H,25,29). The van der Waals surface area contributed by atoms with Gasteiger partial charge in [-0.3, -0.25) is 9.59 Å². The summed E-state index contributed by atoms with van der Waals surface area (Å²) < 4.78 is 16.3. The van der Waals surface area contributed by atoms with E-state index in [2.05, 4.69) is 15.5 Å². The SMILES string of the molecule is COc1ccc(OCC(=O)N2CCCC(c3nc(-c4ccc(NC(C)=O)cc4)no3)C2)cc1. The van der Waals surface area contributed by atoms with E-state index in [0.717, 1.165) is 24.2 Å². The molecule has 33 heavy (non-hydrogen) atoms. The third kappa shape index (κ3) is 5.68. The first kappa shape index (κ1) is 22.3. The summed E-state index contributed by atoms with van der Waals surface area (Å²) in [5.41, 5.74) is 1.49.